The predicted octanol–water partition coefficient (Wildman–Crippen LogP) is 4.91. The first-order valence-corrected chi connectivity index (χ1v) is 10.2. The van der Waals surface area contributed by atoms with E-state index < -0.39 is 0 Å². The van der Waals surface area contributed by atoms with E-state index >= 15 is 0 Å². The lowest BCUT2D eigenvalue weighted by Crippen LogP contribution is -2.28. The smallest absolute Gasteiger partial charge is 0.253 e. The van der Waals surface area contributed by atoms with Crippen LogP contribution >= 0.6 is 0 Å². The van der Waals surface area contributed by atoms with Gasteiger partial charge in [-0.05, 0) is 55.8 Å². The molecule has 4 aromatic rings. The molecule has 5 heteroatoms. The number of aromatic nitrogens is 2. The number of nitrogens with zero attached hydrogens (tertiary/aromatic N) is 3. The Bertz CT molecular complexity index is 1140. The molecule has 1 N–H and O–H groups in total. The topological polar surface area (TPSA) is 50.2 Å². The first-order valence-electron chi connectivity index (χ1n) is 10.2. The largest absolute Gasteiger partial charge is 0.385 e. The van der Waals surface area contributed by atoms with Gasteiger partial charge < -0.3 is 10.2 Å². The number of amides is 1. The highest BCUT2D eigenvalue weighted by Crippen LogP contribution is 2.22. The van der Waals surface area contributed by atoms with Gasteiger partial charge in [-0.3, -0.25) is 9.36 Å². The fourth-order valence-electron chi connectivity index (χ4n) is 3.66. The van der Waals surface area contributed by atoms with E-state index in [1.54, 1.807) is 4.90 Å². The third kappa shape index (κ3) is 4.20. The highest BCUT2D eigenvalue weighted by molar-refractivity contribution is 5.97. The van der Waals surface area contributed by atoms with Crippen molar-refractivity contribution in [2.24, 2.45) is 0 Å². The molecule has 1 heterocycles. The molecule has 0 saturated heterocycles. The van der Waals surface area contributed by atoms with E-state index in [1.165, 1.54) is 0 Å². The van der Waals surface area contributed by atoms with Crippen LogP contribution in [0.4, 0.5) is 5.69 Å². The van der Waals surface area contributed by atoms with Crippen molar-refractivity contribution in [3.05, 3.63) is 90.3 Å². The maximum atomic E-state index is 12.9. The SMILES string of the molecule is Cc1nc2cc(C(=O)N(C)CCCNc3ccccc3)ccc2n1-c1ccccc1. The van der Waals surface area contributed by atoms with Gasteiger partial charge in [0.25, 0.3) is 5.91 Å². The lowest BCUT2D eigenvalue weighted by molar-refractivity contribution is 0.0795. The minimum atomic E-state index is 0.0172. The van der Waals surface area contributed by atoms with Crippen molar-refractivity contribution < 1.29 is 4.79 Å². The van der Waals surface area contributed by atoms with Gasteiger partial charge in [0, 0.05) is 37.1 Å². The van der Waals surface area contributed by atoms with E-state index in [9.17, 15) is 4.79 Å². The molecule has 0 aliphatic heterocycles. The van der Waals surface area contributed by atoms with E-state index in [0.717, 1.165) is 41.2 Å². The first kappa shape index (κ1) is 19.7. The van der Waals surface area contributed by atoms with Crippen molar-refractivity contribution >= 4 is 22.6 Å². The second kappa shape index (κ2) is 8.82. The van der Waals surface area contributed by atoms with E-state index in [4.69, 9.17) is 0 Å². The highest BCUT2D eigenvalue weighted by atomic mass is 16.2. The molecule has 0 aliphatic rings. The van der Waals surface area contributed by atoms with Crippen molar-refractivity contribution in [2.45, 2.75) is 13.3 Å². The molecule has 5 nitrogen and oxygen atoms in total. The number of aryl methyl sites for hydroxylation is 1. The van der Waals surface area contributed by atoms with Crippen molar-refractivity contribution in [3.8, 4) is 5.69 Å². The molecule has 0 spiro atoms. The number of carbonyl (C=O) groups is 1. The molecule has 0 radical (unpaired) electrons. The number of benzene rings is 3. The molecule has 3 aromatic carbocycles. The van der Waals surface area contributed by atoms with Crippen LogP contribution in [0.2, 0.25) is 0 Å². The van der Waals surface area contributed by atoms with Gasteiger partial charge in [0.15, 0.2) is 0 Å². The molecule has 1 aromatic heterocycles. The molecule has 152 valence electrons. The Hall–Kier alpha value is -3.60. The summed E-state index contributed by atoms with van der Waals surface area (Å²) in [5.41, 5.74) is 4.67. The minimum absolute atomic E-state index is 0.0172. The minimum Gasteiger partial charge on any atom is -0.385 e. The average Bonchev–Trinajstić information content (AvgIpc) is 3.12. The van der Waals surface area contributed by atoms with E-state index in [1.807, 2.05) is 80.7 Å². The second-order valence-corrected chi connectivity index (χ2v) is 7.41. The second-order valence-electron chi connectivity index (χ2n) is 7.41. The quantitative estimate of drug-likeness (QED) is 0.450. The number of imidazole rings is 1. The normalized spacial score (nSPS) is 10.9. The molecule has 1 amide bonds. The number of nitrogens with one attached hydrogen (secondary N) is 1. The third-order valence-corrected chi connectivity index (χ3v) is 5.20. The molecule has 0 unspecified atom stereocenters. The number of fused-ring (bicyclic) bond motifs is 1. The molecular formula is C25H26N4O. The maximum absolute atomic E-state index is 12.9. The van der Waals surface area contributed by atoms with Crippen LogP contribution in [0.5, 0.6) is 0 Å². The average molecular weight is 399 g/mol. The van der Waals surface area contributed by atoms with Crippen molar-refractivity contribution in [2.75, 3.05) is 25.5 Å². The summed E-state index contributed by atoms with van der Waals surface area (Å²) < 4.78 is 2.11. The first-order chi connectivity index (χ1) is 14.6. The van der Waals surface area contributed by atoms with Crippen LogP contribution in [-0.2, 0) is 0 Å². The summed E-state index contributed by atoms with van der Waals surface area (Å²) in [6, 6.07) is 26.0. The molecular weight excluding hydrogens is 372 g/mol. The number of hydrogen-bond donors (Lipinski definition) is 1. The lowest BCUT2D eigenvalue weighted by atomic mass is 10.1. The number of hydrogen-bond acceptors (Lipinski definition) is 3. The predicted molar refractivity (Wildman–Crippen MR) is 122 cm³/mol. The van der Waals surface area contributed by atoms with Crippen LogP contribution in [0.25, 0.3) is 16.7 Å². The van der Waals surface area contributed by atoms with Gasteiger partial charge in [-0.2, -0.15) is 0 Å². The molecule has 0 atom stereocenters. The van der Waals surface area contributed by atoms with Crippen molar-refractivity contribution in [1.29, 1.82) is 0 Å². The zero-order chi connectivity index (χ0) is 20.9. The Kier molecular flexibility index (Phi) is 5.80. The van der Waals surface area contributed by atoms with Gasteiger partial charge in [0.2, 0.25) is 0 Å². The van der Waals surface area contributed by atoms with Crippen molar-refractivity contribution in [1.82, 2.24) is 14.5 Å². The van der Waals surface area contributed by atoms with Gasteiger partial charge in [-0.15, -0.1) is 0 Å². The Morgan fingerprint density at radius 1 is 1.00 bits per heavy atom. The Morgan fingerprint density at radius 3 is 2.43 bits per heavy atom. The summed E-state index contributed by atoms with van der Waals surface area (Å²) in [6.07, 6.45) is 0.876. The molecule has 30 heavy (non-hydrogen) atoms. The summed E-state index contributed by atoms with van der Waals surface area (Å²) in [7, 11) is 1.85. The van der Waals surface area contributed by atoms with E-state index in [-0.39, 0.29) is 5.91 Å². The molecule has 0 saturated carbocycles. The van der Waals surface area contributed by atoms with Gasteiger partial charge in [0.05, 0.1) is 11.0 Å². The molecule has 0 fully saturated rings. The lowest BCUT2D eigenvalue weighted by Gasteiger charge is -2.17. The van der Waals surface area contributed by atoms with Crippen LogP contribution < -0.4 is 5.32 Å². The number of anilines is 1. The summed E-state index contributed by atoms with van der Waals surface area (Å²) in [4.78, 5) is 19.3. The summed E-state index contributed by atoms with van der Waals surface area (Å²) in [6.45, 7) is 3.50. The number of rotatable bonds is 7. The van der Waals surface area contributed by atoms with Crippen LogP contribution in [0.1, 0.15) is 22.6 Å². The van der Waals surface area contributed by atoms with Crippen molar-refractivity contribution in [3.63, 3.8) is 0 Å². The van der Waals surface area contributed by atoms with Gasteiger partial charge in [-0.25, -0.2) is 4.98 Å². The van der Waals surface area contributed by atoms with Gasteiger partial charge in [0.1, 0.15) is 5.82 Å². The van der Waals surface area contributed by atoms with Gasteiger partial charge in [-0.1, -0.05) is 36.4 Å². The standard InChI is InChI=1S/C25H26N4O/c1-19-27-23-18-20(14-15-24(23)29(19)22-12-7-4-8-13-22)25(30)28(2)17-9-16-26-21-10-5-3-6-11-21/h3-8,10-15,18,26H,9,16-17H2,1-2H3. The van der Waals surface area contributed by atoms with Crippen LogP contribution in [-0.4, -0.2) is 40.5 Å². The highest BCUT2D eigenvalue weighted by Gasteiger charge is 2.15. The molecule has 0 aliphatic carbocycles. The number of carbonyl (C=O) groups excluding carboxylic acids is 1. The zero-order valence-electron chi connectivity index (χ0n) is 17.4. The van der Waals surface area contributed by atoms with Crippen LogP contribution in [0, 0.1) is 6.92 Å². The zero-order valence-corrected chi connectivity index (χ0v) is 17.4. The summed E-state index contributed by atoms with van der Waals surface area (Å²) in [5, 5.41) is 3.38. The number of para-hydroxylation sites is 2. The van der Waals surface area contributed by atoms with E-state index in [2.05, 4.69) is 27.0 Å². The summed E-state index contributed by atoms with van der Waals surface area (Å²) in [5.74, 6) is 0.921. The Morgan fingerprint density at radius 2 is 1.70 bits per heavy atom. The Labute approximate surface area is 177 Å². The molecule has 4 rings (SSSR count). The van der Waals surface area contributed by atoms with E-state index in [0.29, 0.717) is 12.1 Å². The third-order valence-electron chi connectivity index (χ3n) is 5.20. The maximum Gasteiger partial charge on any atom is 0.253 e. The summed E-state index contributed by atoms with van der Waals surface area (Å²) >= 11 is 0. The van der Waals surface area contributed by atoms with Gasteiger partial charge >= 0.3 is 0 Å². The van der Waals surface area contributed by atoms with Crippen LogP contribution in [0.3, 0.4) is 0 Å². The molecule has 0 bridgehead atoms. The fraction of sp³-hybridized carbons (Fsp3) is 0.200. The Balaban J connectivity index is 1.43. The van der Waals surface area contributed by atoms with Crippen LogP contribution in [0.15, 0.2) is 78.9 Å². The fourth-order valence-corrected chi connectivity index (χ4v) is 3.66. The monoisotopic (exact) mass is 398 g/mol.